The van der Waals surface area contributed by atoms with Crippen molar-refractivity contribution in [3.05, 3.63) is 47.4 Å². The van der Waals surface area contributed by atoms with Gasteiger partial charge in [-0.1, -0.05) is 19.9 Å². The Morgan fingerprint density at radius 3 is 2.30 bits per heavy atom. The van der Waals surface area contributed by atoms with Crippen molar-refractivity contribution >= 4 is 21.7 Å². The molecule has 0 aliphatic carbocycles. The molecule has 2 heterocycles. The van der Waals surface area contributed by atoms with Crippen molar-refractivity contribution in [1.29, 1.82) is 0 Å². The second kappa shape index (κ2) is 9.09. The van der Waals surface area contributed by atoms with Gasteiger partial charge in [0.15, 0.2) is 0 Å². The second-order valence-corrected chi connectivity index (χ2v) is 9.25. The van der Waals surface area contributed by atoms with Crippen molar-refractivity contribution < 1.29 is 13.2 Å². The first-order valence-electron chi connectivity index (χ1n) is 10.2. The molecule has 162 valence electrons. The minimum atomic E-state index is -3.60. The van der Waals surface area contributed by atoms with E-state index in [1.54, 1.807) is 36.9 Å². The Hall–Kier alpha value is -2.52. The predicted octanol–water partition coefficient (Wildman–Crippen LogP) is 2.09. The molecule has 0 unspecified atom stereocenters. The summed E-state index contributed by atoms with van der Waals surface area (Å²) in [5, 5.41) is 0. The number of carbonyl (C=O) groups is 1. The SMILES string of the molecule is CCN(CC)S(=O)(=O)c1cccc(C(=O)N2CCN(c3cc(C)nc(C)n3)CC2)c1. The van der Waals surface area contributed by atoms with Gasteiger partial charge in [-0.15, -0.1) is 0 Å². The molecule has 1 aromatic carbocycles. The first-order chi connectivity index (χ1) is 14.3. The van der Waals surface area contributed by atoms with Crippen molar-refractivity contribution in [3.63, 3.8) is 0 Å². The lowest BCUT2D eigenvalue weighted by molar-refractivity contribution is 0.0746. The molecule has 0 atom stereocenters. The summed E-state index contributed by atoms with van der Waals surface area (Å²) in [6.07, 6.45) is 0. The van der Waals surface area contributed by atoms with E-state index < -0.39 is 10.0 Å². The summed E-state index contributed by atoms with van der Waals surface area (Å²) in [4.78, 5) is 25.9. The number of benzene rings is 1. The van der Waals surface area contributed by atoms with Gasteiger partial charge in [0.1, 0.15) is 11.6 Å². The number of sulfonamides is 1. The molecule has 2 aromatic rings. The zero-order valence-corrected chi connectivity index (χ0v) is 18.8. The van der Waals surface area contributed by atoms with E-state index in [4.69, 9.17) is 0 Å². The molecule has 0 spiro atoms. The van der Waals surface area contributed by atoms with Gasteiger partial charge < -0.3 is 9.80 Å². The summed E-state index contributed by atoms with van der Waals surface area (Å²) >= 11 is 0. The van der Waals surface area contributed by atoms with Crippen LogP contribution in [0.2, 0.25) is 0 Å². The number of carbonyl (C=O) groups excluding carboxylic acids is 1. The van der Waals surface area contributed by atoms with Crippen LogP contribution in [0.5, 0.6) is 0 Å². The van der Waals surface area contributed by atoms with Gasteiger partial charge in [0.05, 0.1) is 4.90 Å². The molecule has 0 radical (unpaired) electrons. The van der Waals surface area contributed by atoms with Crippen LogP contribution in [0.25, 0.3) is 0 Å². The van der Waals surface area contributed by atoms with E-state index in [9.17, 15) is 13.2 Å². The molecule has 8 nitrogen and oxygen atoms in total. The average molecular weight is 432 g/mol. The standard InChI is InChI=1S/C21H29N5O3S/c1-5-26(6-2)30(28,29)19-9-7-8-18(15-19)21(27)25-12-10-24(11-13-25)20-14-16(3)22-17(4)23-20/h7-9,14-15H,5-6,10-13H2,1-4H3. The van der Waals surface area contributed by atoms with Crippen LogP contribution >= 0.6 is 0 Å². The topological polar surface area (TPSA) is 86.7 Å². The Balaban J connectivity index is 1.73. The molecule has 1 aromatic heterocycles. The van der Waals surface area contributed by atoms with Gasteiger partial charge in [-0.05, 0) is 32.0 Å². The van der Waals surface area contributed by atoms with E-state index in [0.29, 0.717) is 44.8 Å². The molecular formula is C21H29N5O3S. The minimum Gasteiger partial charge on any atom is -0.353 e. The van der Waals surface area contributed by atoms with E-state index in [0.717, 1.165) is 17.3 Å². The summed E-state index contributed by atoms with van der Waals surface area (Å²) in [6, 6.07) is 8.28. The maximum atomic E-state index is 13.0. The monoisotopic (exact) mass is 431 g/mol. The molecule has 1 fully saturated rings. The van der Waals surface area contributed by atoms with E-state index >= 15 is 0 Å². The molecular weight excluding hydrogens is 402 g/mol. The van der Waals surface area contributed by atoms with Crippen molar-refractivity contribution in [2.24, 2.45) is 0 Å². The molecule has 0 bridgehead atoms. The molecule has 9 heteroatoms. The maximum absolute atomic E-state index is 13.0. The molecule has 30 heavy (non-hydrogen) atoms. The van der Waals surface area contributed by atoms with Gasteiger partial charge in [0, 0.05) is 56.6 Å². The lowest BCUT2D eigenvalue weighted by atomic mass is 10.2. The highest BCUT2D eigenvalue weighted by molar-refractivity contribution is 7.89. The fraction of sp³-hybridized carbons (Fsp3) is 0.476. The first kappa shape index (κ1) is 22.2. The number of rotatable bonds is 6. The highest BCUT2D eigenvalue weighted by atomic mass is 32.2. The van der Waals surface area contributed by atoms with Gasteiger partial charge >= 0.3 is 0 Å². The highest BCUT2D eigenvalue weighted by Crippen LogP contribution is 2.20. The van der Waals surface area contributed by atoms with Gasteiger partial charge in [0.2, 0.25) is 10.0 Å². The number of amides is 1. The van der Waals surface area contributed by atoms with Crippen LogP contribution in [0.1, 0.15) is 35.7 Å². The molecule has 0 N–H and O–H groups in total. The van der Waals surface area contributed by atoms with Gasteiger partial charge in [-0.3, -0.25) is 4.79 Å². The van der Waals surface area contributed by atoms with Crippen LogP contribution in [-0.2, 0) is 10.0 Å². The molecule has 1 amide bonds. The molecule has 0 saturated carbocycles. The Labute approximate surface area is 178 Å². The van der Waals surface area contributed by atoms with Crippen molar-refractivity contribution in [2.75, 3.05) is 44.2 Å². The normalized spacial score (nSPS) is 15.0. The number of aromatic nitrogens is 2. The molecule has 1 saturated heterocycles. The van der Waals surface area contributed by atoms with Crippen LogP contribution in [0, 0.1) is 13.8 Å². The smallest absolute Gasteiger partial charge is 0.254 e. The maximum Gasteiger partial charge on any atom is 0.254 e. The van der Waals surface area contributed by atoms with Crippen LogP contribution in [0.4, 0.5) is 5.82 Å². The summed E-state index contributed by atoms with van der Waals surface area (Å²) in [5.74, 6) is 1.45. The number of piperazine rings is 1. The second-order valence-electron chi connectivity index (χ2n) is 7.31. The first-order valence-corrected chi connectivity index (χ1v) is 11.7. The largest absolute Gasteiger partial charge is 0.353 e. The third-order valence-corrected chi connectivity index (χ3v) is 7.31. The molecule has 1 aliphatic heterocycles. The highest BCUT2D eigenvalue weighted by Gasteiger charge is 2.26. The predicted molar refractivity (Wildman–Crippen MR) is 116 cm³/mol. The summed E-state index contributed by atoms with van der Waals surface area (Å²) in [6.45, 7) is 10.6. The van der Waals surface area contributed by atoms with E-state index in [1.165, 1.54) is 10.4 Å². The van der Waals surface area contributed by atoms with E-state index in [-0.39, 0.29) is 10.8 Å². The van der Waals surface area contributed by atoms with E-state index in [1.807, 2.05) is 19.9 Å². The quantitative estimate of drug-likeness (QED) is 0.696. The van der Waals surface area contributed by atoms with Crippen molar-refractivity contribution in [1.82, 2.24) is 19.2 Å². The fourth-order valence-electron chi connectivity index (χ4n) is 3.68. The number of anilines is 1. The molecule has 1 aliphatic rings. The van der Waals surface area contributed by atoms with Crippen LogP contribution in [0.15, 0.2) is 35.2 Å². The van der Waals surface area contributed by atoms with Gasteiger partial charge in [0.25, 0.3) is 5.91 Å². The Morgan fingerprint density at radius 2 is 1.70 bits per heavy atom. The minimum absolute atomic E-state index is 0.152. The van der Waals surface area contributed by atoms with Gasteiger partial charge in [-0.2, -0.15) is 4.31 Å². The van der Waals surface area contributed by atoms with Crippen molar-refractivity contribution in [2.45, 2.75) is 32.6 Å². The fourth-order valence-corrected chi connectivity index (χ4v) is 5.19. The number of hydrogen-bond acceptors (Lipinski definition) is 6. The molecule has 3 rings (SSSR count). The number of nitrogens with zero attached hydrogens (tertiary/aromatic N) is 5. The number of hydrogen-bond donors (Lipinski definition) is 0. The lowest BCUT2D eigenvalue weighted by Gasteiger charge is -2.35. The summed E-state index contributed by atoms with van der Waals surface area (Å²) in [5.41, 5.74) is 1.31. The Bertz CT molecular complexity index is 993. The zero-order chi connectivity index (χ0) is 21.9. The van der Waals surface area contributed by atoms with E-state index in [2.05, 4.69) is 14.9 Å². The third kappa shape index (κ3) is 4.62. The summed E-state index contributed by atoms with van der Waals surface area (Å²) < 4.78 is 27.0. The van der Waals surface area contributed by atoms with Crippen LogP contribution in [-0.4, -0.2) is 72.8 Å². The van der Waals surface area contributed by atoms with Crippen molar-refractivity contribution in [3.8, 4) is 0 Å². The van der Waals surface area contributed by atoms with Crippen LogP contribution < -0.4 is 4.90 Å². The zero-order valence-electron chi connectivity index (χ0n) is 18.0. The Kier molecular flexibility index (Phi) is 6.72. The summed E-state index contributed by atoms with van der Waals surface area (Å²) in [7, 11) is -3.60. The average Bonchev–Trinajstić information content (AvgIpc) is 2.73. The third-order valence-electron chi connectivity index (χ3n) is 5.27. The Morgan fingerprint density at radius 1 is 1.03 bits per heavy atom. The van der Waals surface area contributed by atoms with Gasteiger partial charge in [-0.25, -0.2) is 18.4 Å². The van der Waals surface area contributed by atoms with Crippen LogP contribution in [0.3, 0.4) is 0 Å². The lowest BCUT2D eigenvalue weighted by Crippen LogP contribution is -2.49. The number of aryl methyl sites for hydroxylation is 2.